The first kappa shape index (κ1) is 13.1. The zero-order valence-corrected chi connectivity index (χ0v) is 11.1. The summed E-state index contributed by atoms with van der Waals surface area (Å²) < 4.78 is 19.5. The first-order valence-electron chi connectivity index (χ1n) is 5.22. The molecule has 92 valence electrons. The number of hydrogen-bond donors (Lipinski definition) is 0. The van der Waals surface area contributed by atoms with Crippen molar-refractivity contribution in [3.8, 4) is 23.6 Å². The van der Waals surface area contributed by atoms with Gasteiger partial charge in [0.25, 0.3) is 0 Å². The molecule has 19 heavy (non-hydrogen) atoms. The quantitative estimate of drug-likeness (QED) is 0.837. The van der Waals surface area contributed by atoms with Gasteiger partial charge in [-0.1, -0.05) is 6.07 Å². The number of hydrogen-bond acceptors (Lipinski definition) is 3. The van der Waals surface area contributed by atoms with Crippen LogP contribution >= 0.6 is 15.9 Å². The highest BCUT2D eigenvalue weighted by atomic mass is 79.9. The summed E-state index contributed by atoms with van der Waals surface area (Å²) in [5.74, 6) is -0.0984. The Morgan fingerprint density at radius 1 is 1.05 bits per heavy atom. The van der Waals surface area contributed by atoms with Gasteiger partial charge in [0.15, 0.2) is 0 Å². The maximum absolute atomic E-state index is 13.4. The average Bonchev–Trinajstić information content (AvgIpc) is 2.41. The van der Waals surface area contributed by atoms with Gasteiger partial charge < -0.3 is 4.74 Å². The minimum absolute atomic E-state index is 0.132. The fourth-order valence-corrected chi connectivity index (χ4v) is 1.93. The maximum Gasteiger partial charge on any atom is 0.148 e. The molecule has 0 saturated carbocycles. The van der Waals surface area contributed by atoms with Crippen LogP contribution < -0.4 is 4.74 Å². The first-order chi connectivity index (χ1) is 9.15. The summed E-state index contributed by atoms with van der Waals surface area (Å²) in [6.07, 6.45) is 0. The van der Waals surface area contributed by atoms with Crippen LogP contribution in [-0.2, 0) is 0 Å². The lowest BCUT2D eigenvalue weighted by Gasteiger charge is -2.09. The number of nitriles is 2. The van der Waals surface area contributed by atoms with Crippen molar-refractivity contribution in [1.29, 1.82) is 10.5 Å². The van der Waals surface area contributed by atoms with Crippen LogP contribution in [0.25, 0.3) is 0 Å². The van der Waals surface area contributed by atoms with Crippen molar-refractivity contribution >= 4 is 15.9 Å². The molecule has 5 heteroatoms. The second kappa shape index (κ2) is 5.51. The van der Waals surface area contributed by atoms with E-state index in [1.165, 1.54) is 18.2 Å². The number of ether oxygens (including phenoxy) is 1. The van der Waals surface area contributed by atoms with Crippen LogP contribution in [0.15, 0.2) is 40.9 Å². The van der Waals surface area contributed by atoms with E-state index >= 15 is 0 Å². The van der Waals surface area contributed by atoms with Crippen LogP contribution in [0.2, 0.25) is 0 Å². The lowest BCUT2D eigenvalue weighted by Crippen LogP contribution is -1.92. The van der Waals surface area contributed by atoms with Gasteiger partial charge in [-0.25, -0.2) is 4.39 Å². The molecule has 2 aromatic rings. The van der Waals surface area contributed by atoms with Crippen molar-refractivity contribution in [3.63, 3.8) is 0 Å². The highest BCUT2D eigenvalue weighted by molar-refractivity contribution is 9.10. The van der Waals surface area contributed by atoms with Crippen molar-refractivity contribution < 1.29 is 9.13 Å². The fraction of sp³-hybridized carbons (Fsp3) is 0. The number of nitrogens with zero attached hydrogens (tertiary/aromatic N) is 2. The highest BCUT2D eigenvalue weighted by Crippen LogP contribution is 2.32. The van der Waals surface area contributed by atoms with Crippen LogP contribution in [0, 0.1) is 28.5 Å². The molecule has 0 N–H and O–H groups in total. The van der Waals surface area contributed by atoms with Crippen LogP contribution in [0.5, 0.6) is 11.5 Å². The molecule has 0 atom stereocenters. The zero-order chi connectivity index (χ0) is 13.8. The Labute approximate surface area is 117 Å². The molecule has 0 spiro atoms. The Hall–Kier alpha value is -2.37. The molecule has 2 rings (SSSR count). The molecule has 0 aliphatic carbocycles. The molecule has 3 nitrogen and oxygen atoms in total. The summed E-state index contributed by atoms with van der Waals surface area (Å²) >= 11 is 3.26. The van der Waals surface area contributed by atoms with E-state index in [0.717, 1.165) is 0 Å². The number of halogens is 2. The average molecular weight is 317 g/mol. The highest BCUT2D eigenvalue weighted by Gasteiger charge is 2.11. The second-order valence-corrected chi connectivity index (χ2v) is 4.44. The minimum Gasteiger partial charge on any atom is -0.455 e. The molecular formula is C14H6BrFN2O. The van der Waals surface area contributed by atoms with Crippen molar-refractivity contribution in [2.24, 2.45) is 0 Å². The summed E-state index contributed by atoms with van der Waals surface area (Å²) in [4.78, 5) is 0. The van der Waals surface area contributed by atoms with Gasteiger partial charge in [0.05, 0.1) is 16.1 Å². The number of benzene rings is 2. The van der Waals surface area contributed by atoms with Gasteiger partial charge in [0, 0.05) is 0 Å². The lowest BCUT2D eigenvalue weighted by molar-refractivity contribution is 0.471. The van der Waals surface area contributed by atoms with E-state index in [0.29, 0.717) is 15.8 Å². The Bertz CT molecular complexity index is 716. The van der Waals surface area contributed by atoms with Crippen LogP contribution in [-0.4, -0.2) is 0 Å². The molecule has 2 aromatic carbocycles. The topological polar surface area (TPSA) is 56.8 Å². The Kier molecular flexibility index (Phi) is 3.79. The monoisotopic (exact) mass is 316 g/mol. The van der Waals surface area contributed by atoms with Gasteiger partial charge >= 0.3 is 0 Å². The smallest absolute Gasteiger partial charge is 0.148 e. The Morgan fingerprint density at radius 2 is 1.84 bits per heavy atom. The van der Waals surface area contributed by atoms with Crippen LogP contribution in [0.3, 0.4) is 0 Å². The van der Waals surface area contributed by atoms with E-state index in [1.807, 2.05) is 6.07 Å². The SMILES string of the molecule is N#Cc1ccc(Oc2cccc(F)c2C#N)c(Br)c1. The molecule has 0 fully saturated rings. The summed E-state index contributed by atoms with van der Waals surface area (Å²) in [5, 5.41) is 17.7. The van der Waals surface area contributed by atoms with Gasteiger partial charge in [-0.15, -0.1) is 0 Å². The van der Waals surface area contributed by atoms with Crippen molar-refractivity contribution in [2.45, 2.75) is 0 Å². The normalized spacial score (nSPS) is 9.47. The maximum atomic E-state index is 13.4. The van der Waals surface area contributed by atoms with Gasteiger partial charge in [0.2, 0.25) is 0 Å². The van der Waals surface area contributed by atoms with E-state index in [-0.39, 0.29) is 11.3 Å². The first-order valence-corrected chi connectivity index (χ1v) is 6.01. The zero-order valence-electron chi connectivity index (χ0n) is 9.52. The standard InChI is InChI=1S/C14H6BrFN2O/c15-11-6-9(7-17)4-5-14(11)19-13-3-1-2-12(16)10(13)8-18/h1-6H. The predicted octanol–water partition coefficient (Wildman–Crippen LogP) is 4.12. The second-order valence-electron chi connectivity index (χ2n) is 3.58. The van der Waals surface area contributed by atoms with Crippen molar-refractivity contribution in [3.05, 3.63) is 57.8 Å². The predicted molar refractivity (Wildman–Crippen MR) is 70.0 cm³/mol. The summed E-state index contributed by atoms with van der Waals surface area (Å²) in [7, 11) is 0. The largest absolute Gasteiger partial charge is 0.455 e. The minimum atomic E-state index is -0.634. The van der Waals surface area contributed by atoms with E-state index in [2.05, 4.69) is 15.9 Å². The van der Waals surface area contributed by atoms with Crippen molar-refractivity contribution in [2.75, 3.05) is 0 Å². The fourth-order valence-electron chi connectivity index (χ4n) is 1.47. The van der Waals surface area contributed by atoms with Gasteiger partial charge in [-0.05, 0) is 46.3 Å². The summed E-state index contributed by atoms with van der Waals surface area (Å²) in [6, 6.07) is 12.6. The molecular weight excluding hydrogens is 311 g/mol. The van der Waals surface area contributed by atoms with E-state index in [9.17, 15) is 4.39 Å². The van der Waals surface area contributed by atoms with Gasteiger partial charge in [0.1, 0.15) is 28.9 Å². The molecule has 0 radical (unpaired) electrons. The Balaban J connectivity index is 2.41. The third kappa shape index (κ3) is 2.73. The molecule has 0 amide bonds. The van der Waals surface area contributed by atoms with Gasteiger partial charge in [-0.3, -0.25) is 0 Å². The molecule has 0 unspecified atom stereocenters. The summed E-state index contributed by atoms with van der Waals surface area (Å²) in [6.45, 7) is 0. The molecule has 0 saturated heterocycles. The molecule has 0 aliphatic rings. The Morgan fingerprint density at radius 3 is 2.47 bits per heavy atom. The summed E-state index contributed by atoms with van der Waals surface area (Å²) in [5.41, 5.74) is 0.317. The third-order valence-electron chi connectivity index (χ3n) is 2.37. The molecule has 0 heterocycles. The van der Waals surface area contributed by atoms with Crippen molar-refractivity contribution in [1.82, 2.24) is 0 Å². The molecule has 0 aromatic heterocycles. The van der Waals surface area contributed by atoms with E-state index in [1.54, 1.807) is 24.3 Å². The van der Waals surface area contributed by atoms with Crippen LogP contribution in [0.4, 0.5) is 4.39 Å². The third-order valence-corrected chi connectivity index (χ3v) is 2.99. The van der Waals surface area contributed by atoms with E-state index < -0.39 is 5.82 Å². The molecule has 0 aliphatic heterocycles. The van der Waals surface area contributed by atoms with Gasteiger partial charge in [-0.2, -0.15) is 10.5 Å². The molecule has 0 bridgehead atoms. The van der Waals surface area contributed by atoms with Crippen LogP contribution in [0.1, 0.15) is 11.1 Å². The number of rotatable bonds is 2. The van der Waals surface area contributed by atoms with E-state index in [4.69, 9.17) is 15.3 Å². The lowest BCUT2D eigenvalue weighted by atomic mass is 10.2.